The predicted octanol–water partition coefficient (Wildman–Crippen LogP) is 2.34. The monoisotopic (exact) mass is 372 g/mol. The number of hydrogen-bond acceptors (Lipinski definition) is 5. The van der Waals surface area contributed by atoms with E-state index in [-0.39, 0.29) is 13.1 Å². The van der Waals surface area contributed by atoms with Crippen molar-refractivity contribution in [3.05, 3.63) is 47.4 Å². The summed E-state index contributed by atoms with van der Waals surface area (Å²) in [5.41, 5.74) is 0.442. The summed E-state index contributed by atoms with van der Waals surface area (Å²) < 4.78 is 34.9. The highest BCUT2D eigenvalue weighted by atomic mass is 35.5. The van der Waals surface area contributed by atoms with Crippen molar-refractivity contribution in [2.75, 3.05) is 25.2 Å². The molecule has 0 radical (unpaired) electrons. The fourth-order valence-electron chi connectivity index (χ4n) is 1.97. The number of amides is 1. The average molecular weight is 373 g/mol. The largest absolute Gasteiger partial charge is 0.495 e. The molecule has 7 nitrogen and oxygen atoms in total. The summed E-state index contributed by atoms with van der Waals surface area (Å²) >= 11 is 5.99. The molecule has 0 atom stereocenters. The lowest BCUT2D eigenvalue weighted by Crippen LogP contribution is -2.36. The number of sulfonamides is 1. The number of nitrogens with one attached hydrogen (secondary N) is 1. The van der Waals surface area contributed by atoms with E-state index >= 15 is 0 Å². The van der Waals surface area contributed by atoms with Gasteiger partial charge in [-0.2, -0.15) is 4.31 Å². The summed E-state index contributed by atoms with van der Waals surface area (Å²) in [5.74, 6) is 0.430. The van der Waals surface area contributed by atoms with Crippen molar-refractivity contribution in [2.24, 2.45) is 0 Å². The van der Waals surface area contributed by atoms with Gasteiger partial charge in [0.15, 0.2) is 0 Å². The number of carbonyl (C=O) groups excluding carboxylic acids is 1. The molecule has 24 heavy (non-hydrogen) atoms. The predicted molar refractivity (Wildman–Crippen MR) is 90.6 cm³/mol. The van der Waals surface area contributed by atoms with Gasteiger partial charge in [0, 0.05) is 5.69 Å². The van der Waals surface area contributed by atoms with Gasteiger partial charge in [-0.1, -0.05) is 11.6 Å². The number of furan rings is 1. The molecule has 1 N–H and O–H groups in total. The van der Waals surface area contributed by atoms with Gasteiger partial charge >= 0.3 is 0 Å². The molecule has 1 aromatic heterocycles. The van der Waals surface area contributed by atoms with E-state index in [2.05, 4.69) is 5.32 Å². The first-order valence-corrected chi connectivity index (χ1v) is 9.13. The maximum absolute atomic E-state index is 12.1. The molecule has 0 aliphatic carbocycles. The molecule has 0 aliphatic rings. The minimum absolute atomic E-state index is 0.0252. The summed E-state index contributed by atoms with van der Waals surface area (Å²) in [7, 11) is -2.10. The van der Waals surface area contributed by atoms with E-state index in [4.69, 9.17) is 20.8 Å². The van der Waals surface area contributed by atoms with Crippen LogP contribution in [-0.2, 0) is 21.4 Å². The second-order valence-electron chi connectivity index (χ2n) is 5.01. The molecule has 0 aliphatic heterocycles. The Hall–Kier alpha value is -2.03. The molecule has 2 aromatic rings. The van der Waals surface area contributed by atoms with Gasteiger partial charge in [-0.05, 0) is 30.3 Å². The number of rotatable bonds is 7. The van der Waals surface area contributed by atoms with Gasteiger partial charge in [-0.15, -0.1) is 0 Å². The quantitative estimate of drug-likeness (QED) is 0.805. The lowest BCUT2D eigenvalue weighted by atomic mass is 10.3. The zero-order valence-electron chi connectivity index (χ0n) is 13.2. The summed E-state index contributed by atoms with van der Waals surface area (Å²) in [4.78, 5) is 12.1. The van der Waals surface area contributed by atoms with E-state index in [1.165, 1.54) is 19.4 Å². The highest BCUT2D eigenvalue weighted by molar-refractivity contribution is 7.88. The third kappa shape index (κ3) is 4.98. The second-order valence-corrected chi connectivity index (χ2v) is 7.40. The number of nitrogens with zero attached hydrogens (tertiary/aromatic N) is 1. The second kappa shape index (κ2) is 7.69. The van der Waals surface area contributed by atoms with Crippen LogP contribution < -0.4 is 10.1 Å². The molecule has 0 bridgehead atoms. The first kappa shape index (κ1) is 18.3. The number of ether oxygens (including phenoxy) is 1. The smallest absolute Gasteiger partial charge is 0.239 e. The van der Waals surface area contributed by atoms with Crippen molar-refractivity contribution < 1.29 is 22.4 Å². The van der Waals surface area contributed by atoms with Gasteiger partial charge in [0.2, 0.25) is 15.9 Å². The van der Waals surface area contributed by atoms with E-state index in [0.717, 1.165) is 10.6 Å². The molecule has 1 aromatic carbocycles. The Bertz CT molecular complexity index is 805. The van der Waals surface area contributed by atoms with Crippen LogP contribution in [0.4, 0.5) is 5.69 Å². The van der Waals surface area contributed by atoms with Crippen molar-refractivity contribution >= 4 is 33.2 Å². The van der Waals surface area contributed by atoms with Gasteiger partial charge in [-0.25, -0.2) is 8.42 Å². The maximum Gasteiger partial charge on any atom is 0.239 e. The normalized spacial score (nSPS) is 11.5. The number of hydrogen-bond donors (Lipinski definition) is 1. The fourth-order valence-corrected chi connectivity index (χ4v) is 2.94. The van der Waals surface area contributed by atoms with Crippen LogP contribution in [-0.4, -0.2) is 38.5 Å². The van der Waals surface area contributed by atoms with Crippen LogP contribution in [0.25, 0.3) is 0 Å². The Kier molecular flexibility index (Phi) is 5.87. The molecule has 2 rings (SSSR count). The van der Waals surface area contributed by atoms with E-state index < -0.39 is 15.9 Å². The SMILES string of the molecule is COc1ccc(NC(=O)CN(Cc2ccco2)S(C)(=O)=O)cc1Cl. The van der Waals surface area contributed by atoms with Crippen LogP contribution in [0.2, 0.25) is 5.02 Å². The highest BCUT2D eigenvalue weighted by Gasteiger charge is 2.21. The van der Waals surface area contributed by atoms with E-state index in [1.807, 2.05) is 0 Å². The summed E-state index contributed by atoms with van der Waals surface area (Å²) in [6.07, 6.45) is 2.47. The lowest BCUT2D eigenvalue weighted by molar-refractivity contribution is -0.116. The van der Waals surface area contributed by atoms with Crippen LogP contribution in [0.5, 0.6) is 5.75 Å². The van der Waals surface area contributed by atoms with Crippen molar-refractivity contribution in [3.8, 4) is 5.75 Å². The lowest BCUT2D eigenvalue weighted by Gasteiger charge is -2.18. The van der Waals surface area contributed by atoms with Crippen LogP contribution in [0.15, 0.2) is 41.0 Å². The molecule has 0 unspecified atom stereocenters. The molecular formula is C15H17ClN2O5S. The third-order valence-corrected chi connectivity index (χ3v) is 4.63. The Morgan fingerprint density at radius 3 is 2.67 bits per heavy atom. The minimum atomic E-state index is -3.58. The molecule has 0 spiro atoms. The van der Waals surface area contributed by atoms with Crippen molar-refractivity contribution in [3.63, 3.8) is 0 Å². The maximum atomic E-state index is 12.1. The first-order chi connectivity index (χ1) is 11.3. The summed E-state index contributed by atoms with van der Waals surface area (Å²) in [6, 6.07) is 8.03. The first-order valence-electron chi connectivity index (χ1n) is 6.90. The van der Waals surface area contributed by atoms with E-state index in [9.17, 15) is 13.2 Å². The Morgan fingerprint density at radius 1 is 1.38 bits per heavy atom. The van der Waals surface area contributed by atoms with Crippen LogP contribution in [0.1, 0.15) is 5.76 Å². The van der Waals surface area contributed by atoms with Gasteiger partial charge in [0.1, 0.15) is 11.5 Å². The molecule has 0 saturated heterocycles. The van der Waals surface area contributed by atoms with Crippen molar-refractivity contribution in [2.45, 2.75) is 6.54 Å². The van der Waals surface area contributed by atoms with Gasteiger partial charge in [-0.3, -0.25) is 4.79 Å². The standard InChI is InChI=1S/C15H17ClN2O5S/c1-22-14-6-5-11(8-13(14)16)17-15(19)10-18(24(2,20)21)9-12-4-3-7-23-12/h3-8H,9-10H2,1-2H3,(H,17,19). The Morgan fingerprint density at radius 2 is 2.12 bits per heavy atom. The number of methoxy groups -OCH3 is 1. The Labute approximate surface area is 145 Å². The third-order valence-electron chi connectivity index (χ3n) is 3.14. The topological polar surface area (TPSA) is 88.8 Å². The molecule has 0 fully saturated rings. The zero-order chi connectivity index (χ0) is 17.7. The Balaban J connectivity index is 2.06. The molecule has 1 amide bonds. The van der Waals surface area contributed by atoms with Gasteiger partial charge in [0.25, 0.3) is 0 Å². The molecule has 9 heteroatoms. The van der Waals surface area contributed by atoms with Crippen molar-refractivity contribution in [1.82, 2.24) is 4.31 Å². The average Bonchev–Trinajstić information content (AvgIpc) is 2.99. The van der Waals surface area contributed by atoms with Gasteiger partial charge in [0.05, 0.1) is 37.7 Å². The summed E-state index contributed by atoms with van der Waals surface area (Å²) in [6.45, 7) is -0.369. The number of anilines is 1. The summed E-state index contributed by atoms with van der Waals surface area (Å²) in [5, 5.41) is 2.94. The van der Waals surface area contributed by atoms with Crippen molar-refractivity contribution in [1.29, 1.82) is 0 Å². The van der Waals surface area contributed by atoms with E-state index in [1.54, 1.807) is 24.3 Å². The van der Waals surface area contributed by atoms with Gasteiger partial charge < -0.3 is 14.5 Å². The minimum Gasteiger partial charge on any atom is -0.495 e. The number of benzene rings is 1. The molecular weight excluding hydrogens is 356 g/mol. The molecule has 130 valence electrons. The molecule has 1 heterocycles. The molecule has 0 saturated carbocycles. The van der Waals surface area contributed by atoms with Crippen LogP contribution in [0, 0.1) is 0 Å². The highest BCUT2D eigenvalue weighted by Crippen LogP contribution is 2.27. The van der Waals surface area contributed by atoms with Crippen LogP contribution in [0.3, 0.4) is 0 Å². The van der Waals surface area contributed by atoms with Crippen LogP contribution >= 0.6 is 11.6 Å². The fraction of sp³-hybridized carbons (Fsp3) is 0.267. The van der Waals surface area contributed by atoms with E-state index in [0.29, 0.717) is 22.2 Å². The number of carbonyl (C=O) groups is 1. The zero-order valence-corrected chi connectivity index (χ0v) is 14.7. The number of halogens is 1.